The Kier molecular flexibility index (Phi) is 3.38. The van der Waals surface area contributed by atoms with Gasteiger partial charge in [-0.25, -0.2) is 0 Å². The summed E-state index contributed by atoms with van der Waals surface area (Å²) in [6.07, 6.45) is 2.01. The summed E-state index contributed by atoms with van der Waals surface area (Å²) in [5.74, 6) is 0.582. The van der Waals surface area contributed by atoms with Crippen LogP contribution < -0.4 is 0 Å². The van der Waals surface area contributed by atoms with Crippen molar-refractivity contribution in [3.63, 3.8) is 0 Å². The Bertz CT molecular complexity index is 379. The fraction of sp³-hybridized carbons (Fsp3) is 0.615. The highest BCUT2D eigenvalue weighted by atomic mass is 28.3. The molecule has 94 valence electrons. The molecule has 0 spiro atoms. The molecule has 1 heterocycles. The number of fused-ring (bicyclic) bond motifs is 1. The number of hydrogen-bond acceptors (Lipinski definition) is 3. The summed E-state index contributed by atoms with van der Waals surface area (Å²) in [6.45, 7) is 11.3. The molecule has 17 heavy (non-hydrogen) atoms. The summed E-state index contributed by atoms with van der Waals surface area (Å²) in [5.41, 5.74) is 1.14. The maximum atomic E-state index is 12.1. The maximum Gasteiger partial charge on any atom is 0.180 e. The average molecular weight is 252 g/mol. The lowest BCUT2D eigenvalue weighted by atomic mass is 10.1. The molecular weight excluding hydrogens is 232 g/mol. The molecular formula is C13H20O3Si. The molecule has 0 aromatic rings. The second-order valence-corrected chi connectivity index (χ2v) is 10.7. The fourth-order valence-corrected chi connectivity index (χ4v) is 4.82. The number of ketones is 1. The summed E-state index contributed by atoms with van der Waals surface area (Å²) in [7, 11) is -1.61. The van der Waals surface area contributed by atoms with Gasteiger partial charge in [0.15, 0.2) is 12.1 Å². The number of ether oxygens (including phenoxy) is 2. The predicted molar refractivity (Wildman–Crippen MR) is 69.4 cm³/mol. The molecule has 2 rings (SSSR count). The van der Waals surface area contributed by atoms with Gasteiger partial charge in [-0.3, -0.25) is 4.79 Å². The first kappa shape index (κ1) is 12.7. The summed E-state index contributed by atoms with van der Waals surface area (Å²) in [5, 5.41) is 1.05. The molecule has 1 saturated heterocycles. The first-order chi connectivity index (χ1) is 7.95. The summed E-state index contributed by atoms with van der Waals surface area (Å²) < 4.78 is 11.2. The third-order valence-electron chi connectivity index (χ3n) is 3.26. The summed E-state index contributed by atoms with van der Waals surface area (Å²) >= 11 is 0. The molecule has 0 aromatic carbocycles. The molecule has 4 heteroatoms. The molecule has 1 fully saturated rings. The largest absolute Gasteiger partial charge is 0.348 e. The van der Waals surface area contributed by atoms with E-state index in [1.54, 1.807) is 6.08 Å². The highest BCUT2D eigenvalue weighted by molar-refractivity contribution is 6.87. The van der Waals surface area contributed by atoms with Crippen LogP contribution >= 0.6 is 0 Å². The van der Waals surface area contributed by atoms with Crippen LogP contribution in [0.25, 0.3) is 0 Å². The number of Topliss-reactive ketones (excluding diaryl/α,β-unsaturated/α-hetero) is 1. The molecule has 0 saturated carbocycles. The van der Waals surface area contributed by atoms with Gasteiger partial charge >= 0.3 is 0 Å². The number of hydrogen-bond donors (Lipinski definition) is 0. The minimum atomic E-state index is -1.61. The van der Waals surface area contributed by atoms with Crippen LogP contribution in [0.2, 0.25) is 19.6 Å². The van der Waals surface area contributed by atoms with E-state index in [1.165, 1.54) is 0 Å². The van der Waals surface area contributed by atoms with Crippen molar-refractivity contribution in [2.75, 3.05) is 13.2 Å². The van der Waals surface area contributed by atoms with Crippen molar-refractivity contribution in [3.8, 4) is 0 Å². The predicted octanol–water partition coefficient (Wildman–Crippen LogP) is 2.31. The molecule has 0 aromatic heterocycles. The van der Waals surface area contributed by atoms with E-state index in [2.05, 4.69) is 26.2 Å². The Labute approximate surface area is 103 Å². The van der Waals surface area contributed by atoms with Crippen LogP contribution in [0.4, 0.5) is 0 Å². The van der Waals surface area contributed by atoms with Gasteiger partial charge in [-0.15, -0.1) is 6.58 Å². The van der Waals surface area contributed by atoms with E-state index in [0.717, 1.165) is 10.8 Å². The van der Waals surface area contributed by atoms with Gasteiger partial charge in [-0.2, -0.15) is 0 Å². The van der Waals surface area contributed by atoms with Gasteiger partial charge in [0.25, 0.3) is 0 Å². The first-order valence-electron chi connectivity index (χ1n) is 6.07. The highest BCUT2D eigenvalue weighted by Crippen LogP contribution is 2.42. The van der Waals surface area contributed by atoms with Gasteiger partial charge in [0, 0.05) is 12.3 Å². The van der Waals surface area contributed by atoms with Gasteiger partial charge < -0.3 is 9.47 Å². The summed E-state index contributed by atoms with van der Waals surface area (Å²) in [6, 6.07) is 0. The third kappa shape index (κ3) is 2.30. The Morgan fingerprint density at radius 2 is 2.24 bits per heavy atom. The minimum absolute atomic E-state index is 0.263. The number of carbonyl (C=O) groups is 1. The van der Waals surface area contributed by atoms with Crippen molar-refractivity contribution in [2.24, 2.45) is 5.92 Å². The maximum absolute atomic E-state index is 12.1. The van der Waals surface area contributed by atoms with Crippen molar-refractivity contribution in [1.82, 2.24) is 0 Å². The van der Waals surface area contributed by atoms with E-state index >= 15 is 0 Å². The van der Waals surface area contributed by atoms with Crippen molar-refractivity contribution in [2.45, 2.75) is 32.4 Å². The Morgan fingerprint density at radius 1 is 1.53 bits per heavy atom. The molecule has 0 amide bonds. The standard InChI is InChI=1S/C13H20O3Si/c1-5-6-15-13-11-9(8-16-13)7-10(14)12(11)17(2,3)4/h5,9,13H,1,6-8H2,2-4H3/t9-,13-/m0/s1. The van der Waals surface area contributed by atoms with Crippen molar-refractivity contribution in [1.29, 1.82) is 0 Å². The van der Waals surface area contributed by atoms with Crippen LogP contribution in [0.5, 0.6) is 0 Å². The lowest BCUT2D eigenvalue weighted by Gasteiger charge is -2.21. The molecule has 1 aliphatic heterocycles. The lowest BCUT2D eigenvalue weighted by molar-refractivity contribution is -0.116. The van der Waals surface area contributed by atoms with Crippen LogP contribution in [0.1, 0.15) is 6.42 Å². The number of rotatable bonds is 4. The Balaban J connectivity index is 2.32. The zero-order chi connectivity index (χ0) is 12.6. The van der Waals surface area contributed by atoms with Crippen LogP contribution in [-0.4, -0.2) is 33.4 Å². The first-order valence-corrected chi connectivity index (χ1v) is 9.57. The summed E-state index contributed by atoms with van der Waals surface area (Å²) in [4.78, 5) is 12.1. The fourth-order valence-electron chi connectivity index (χ4n) is 2.70. The van der Waals surface area contributed by atoms with Crippen LogP contribution in [0, 0.1) is 5.92 Å². The van der Waals surface area contributed by atoms with E-state index in [4.69, 9.17) is 9.47 Å². The second kappa shape index (κ2) is 4.52. The second-order valence-electron chi connectivity index (χ2n) is 5.69. The van der Waals surface area contributed by atoms with Crippen molar-refractivity contribution in [3.05, 3.63) is 23.4 Å². The molecule has 1 aliphatic carbocycles. The van der Waals surface area contributed by atoms with Crippen molar-refractivity contribution >= 4 is 13.9 Å². The lowest BCUT2D eigenvalue weighted by Crippen LogP contribution is -2.30. The van der Waals surface area contributed by atoms with Gasteiger partial charge in [-0.1, -0.05) is 25.7 Å². The molecule has 0 unspecified atom stereocenters. The van der Waals surface area contributed by atoms with E-state index in [9.17, 15) is 4.79 Å². The molecule has 0 bridgehead atoms. The zero-order valence-corrected chi connectivity index (χ0v) is 11.8. The molecule has 3 nitrogen and oxygen atoms in total. The topological polar surface area (TPSA) is 35.5 Å². The van der Waals surface area contributed by atoms with Gasteiger partial charge in [0.1, 0.15) is 0 Å². The smallest absolute Gasteiger partial charge is 0.180 e. The van der Waals surface area contributed by atoms with Gasteiger partial charge in [0.05, 0.1) is 21.3 Å². The normalized spacial score (nSPS) is 28.8. The Hall–Kier alpha value is -0.713. The van der Waals surface area contributed by atoms with E-state index in [1.807, 2.05) is 0 Å². The number of allylic oxidation sites excluding steroid dienone is 1. The number of carbonyl (C=O) groups excluding carboxylic acids is 1. The average Bonchev–Trinajstić information content (AvgIpc) is 2.71. The third-order valence-corrected chi connectivity index (χ3v) is 5.32. The molecule has 0 N–H and O–H groups in total. The van der Waals surface area contributed by atoms with Crippen LogP contribution in [0.15, 0.2) is 23.4 Å². The molecule has 2 atom stereocenters. The quantitative estimate of drug-likeness (QED) is 0.569. The van der Waals surface area contributed by atoms with Crippen molar-refractivity contribution < 1.29 is 14.3 Å². The van der Waals surface area contributed by atoms with E-state index in [-0.39, 0.29) is 12.2 Å². The van der Waals surface area contributed by atoms with E-state index < -0.39 is 8.07 Å². The zero-order valence-electron chi connectivity index (χ0n) is 10.8. The Morgan fingerprint density at radius 3 is 2.82 bits per heavy atom. The monoisotopic (exact) mass is 252 g/mol. The van der Waals surface area contributed by atoms with Gasteiger partial charge in [0.2, 0.25) is 0 Å². The highest BCUT2D eigenvalue weighted by Gasteiger charge is 2.45. The van der Waals surface area contributed by atoms with Crippen LogP contribution in [0.3, 0.4) is 0 Å². The minimum Gasteiger partial charge on any atom is -0.348 e. The van der Waals surface area contributed by atoms with Crippen LogP contribution in [-0.2, 0) is 14.3 Å². The van der Waals surface area contributed by atoms with Gasteiger partial charge in [-0.05, 0) is 10.8 Å². The molecule has 2 aliphatic rings. The SMILES string of the molecule is C=CCO[C@H]1OC[C@@H]2CC(=O)C([Si](C)(C)C)=C21. The van der Waals surface area contributed by atoms with E-state index in [0.29, 0.717) is 25.4 Å². The molecule has 0 radical (unpaired) electrons.